The predicted molar refractivity (Wildman–Crippen MR) is 112 cm³/mol. The fraction of sp³-hybridized carbons (Fsp3) is 0.476. The third kappa shape index (κ3) is 4.83. The largest absolute Gasteiger partial charge is 0.355 e. The standard InChI is InChI=1S/C21H25F3N6O/c22-15-5-6-16(20(24)19(15)23)25-21(31)30-13-11-29(12-14-30)18-8-7-17(26-27-18)28-9-3-1-2-4-10-28/h5-8H,1-4,9-14H2,(H,25,31). The van der Waals surface area contributed by atoms with Gasteiger partial charge in [-0.3, -0.25) is 0 Å². The van der Waals surface area contributed by atoms with E-state index in [0.717, 1.165) is 36.9 Å². The molecule has 2 saturated heterocycles. The van der Waals surface area contributed by atoms with Gasteiger partial charge in [-0.15, -0.1) is 10.2 Å². The van der Waals surface area contributed by atoms with Crippen molar-refractivity contribution >= 4 is 23.4 Å². The van der Waals surface area contributed by atoms with E-state index in [9.17, 15) is 18.0 Å². The number of carbonyl (C=O) groups excluding carboxylic acids is 1. The SMILES string of the molecule is O=C(Nc1ccc(F)c(F)c1F)N1CCN(c2ccc(N3CCCCCC3)nn2)CC1. The molecule has 2 aliphatic heterocycles. The molecule has 3 heterocycles. The summed E-state index contributed by atoms with van der Waals surface area (Å²) < 4.78 is 40.2. The fourth-order valence-corrected chi connectivity index (χ4v) is 3.91. The summed E-state index contributed by atoms with van der Waals surface area (Å²) in [5, 5.41) is 11.1. The lowest BCUT2D eigenvalue weighted by atomic mass is 10.2. The van der Waals surface area contributed by atoms with Crippen molar-refractivity contribution in [1.29, 1.82) is 0 Å². The van der Waals surface area contributed by atoms with Crippen LogP contribution < -0.4 is 15.1 Å². The summed E-state index contributed by atoms with van der Waals surface area (Å²) in [5.74, 6) is -2.69. The van der Waals surface area contributed by atoms with E-state index in [2.05, 4.69) is 20.4 Å². The van der Waals surface area contributed by atoms with Gasteiger partial charge in [0.1, 0.15) is 0 Å². The zero-order valence-corrected chi connectivity index (χ0v) is 17.2. The van der Waals surface area contributed by atoms with Crippen molar-refractivity contribution in [3.63, 3.8) is 0 Å². The number of rotatable bonds is 3. The second-order valence-electron chi connectivity index (χ2n) is 7.78. The molecule has 10 heteroatoms. The highest BCUT2D eigenvalue weighted by Gasteiger charge is 2.24. The molecule has 7 nitrogen and oxygen atoms in total. The smallest absolute Gasteiger partial charge is 0.322 e. The van der Waals surface area contributed by atoms with Crippen LogP contribution >= 0.6 is 0 Å². The number of amides is 2. The maximum Gasteiger partial charge on any atom is 0.322 e. The van der Waals surface area contributed by atoms with Crippen LogP contribution in [0.1, 0.15) is 25.7 Å². The Kier molecular flexibility index (Phi) is 6.43. The number of urea groups is 1. The summed E-state index contributed by atoms with van der Waals surface area (Å²) in [6.45, 7) is 3.83. The van der Waals surface area contributed by atoms with Crippen molar-refractivity contribution < 1.29 is 18.0 Å². The van der Waals surface area contributed by atoms with Gasteiger partial charge in [-0.05, 0) is 37.1 Å². The number of benzene rings is 1. The van der Waals surface area contributed by atoms with Gasteiger partial charge in [0.25, 0.3) is 0 Å². The number of aromatic nitrogens is 2. The summed E-state index contributed by atoms with van der Waals surface area (Å²) in [7, 11) is 0. The molecule has 31 heavy (non-hydrogen) atoms. The van der Waals surface area contributed by atoms with Crippen LogP contribution in [0, 0.1) is 17.5 Å². The summed E-state index contributed by atoms with van der Waals surface area (Å²) in [6, 6.07) is 5.15. The third-order valence-electron chi connectivity index (χ3n) is 5.73. The lowest BCUT2D eigenvalue weighted by Crippen LogP contribution is -2.50. The van der Waals surface area contributed by atoms with E-state index in [1.807, 2.05) is 17.0 Å². The maximum atomic E-state index is 13.8. The van der Waals surface area contributed by atoms with E-state index in [-0.39, 0.29) is 5.69 Å². The highest BCUT2D eigenvalue weighted by molar-refractivity contribution is 5.89. The number of carbonyl (C=O) groups is 1. The fourth-order valence-electron chi connectivity index (χ4n) is 3.91. The molecule has 4 rings (SSSR count). The minimum Gasteiger partial charge on any atom is -0.355 e. The van der Waals surface area contributed by atoms with Gasteiger partial charge < -0.3 is 20.0 Å². The second kappa shape index (κ2) is 9.40. The molecule has 2 amide bonds. The van der Waals surface area contributed by atoms with Gasteiger partial charge >= 0.3 is 6.03 Å². The first-order valence-corrected chi connectivity index (χ1v) is 10.6. The summed E-state index contributed by atoms with van der Waals surface area (Å²) in [6.07, 6.45) is 4.84. The number of halogens is 3. The highest BCUT2D eigenvalue weighted by atomic mass is 19.2. The number of piperazine rings is 1. The zero-order valence-electron chi connectivity index (χ0n) is 17.2. The Bertz CT molecular complexity index is 910. The van der Waals surface area contributed by atoms with Crippen molar-refractivity contribution in [3.8, 4) is 0 Å². The number of hydrogen-bond acceptors (Lipinski definition) is 5. The van der Waals surface area contributed by atoms with E-state index in [1.54, 1.807) is 0 Å². The molecule has 2 aromatic rings. The lowest BCUT2D eigenvalue weighted by molar-refractivity contribution is 0.208. The molecule has 1 N–H and O–H groups in total. The summed E-state index contributed by atoms with van der Waals surface area (Å²) in [5.41, 5.74) is -0.388. The molecule has 1 aromatic carbocycles. The van der Waals surface area contributed by atoms with E-state index in [4.69, 9.17) is 0 Å². The molecule has 0 bridgehead atoms. The number of nitrogens with one attached hydrogen (secondary N) is 1. The summed E-state index contributed by atoms with van der Waals surface area (Å²) in [4.78, 5) is 18.2. The van der Waals surface area contributed by atoms with E-state index >= 15 is 0 Å². The lowest BCUT2D eigenvalue weighted by Gasteiger charge is -2.35. The van der Waals surface area contributed by atoms with Gasteiger partial charge in [-0.1, -0.05) is 12.8 Å². The van der Waals surface area contributed by atoms with Crippen LogP contribution in [0.15, 0.2) is 24.3 Å². The predicted octanol–water partition coefficient (Wildman–Crippen LogP) is 3.63. The van der Waals surface area contributed by atoms with Gasteiger partial charge in [0.15, 0.2) is 29.1 Å². The van der Waals surface area contributed by atoms with Crippen LogP contribution in [0.3, 0.4) is 0 Å². The average Bonchev–Trinajstić information content (AvgIpc) is 3.09. The minimum absolute atomic E-state index is 0.382. The van der Waals surface area contributed by atoms with Crippen LogP contribution in [0.25, 0.3) is 0 Å². The molecule has 0 spiro atoms. The number of nitrogens with zero attached hydrogens (tertiary/aromatic N) is 5. The normalized spacial score (nSPS) is 17.5. The molecule has 0 aliphatic carbocycles. The highest BCUT2D eigenvalue weighted by Crippen LogP contribution is 2.22. The molecule has 0 atom stereocenters. The van der Waals surface area contributed by atoms with Crippen molar-refractivity contribution in [2.75, 3.05) is 54.4 Å². The van der Waals surface area contributed by atoms with Crippen LogP contribution in [0.4, 0.5) is 35.3 Å². The first kappa shape index (κ1) is 21.2. The molecule has 0 radical (unpaired) electrons. The minimum atomic E-state index is -1.61. The molecule has 2 fully saturated rings. The number of anilines is 3. The topological polar surface area (TPSA) is 64.6 Å². The Morgan fingerprint density at radius 1 is 0.742 bits per heavy atom. The van der Waals surface area contributed by atoms with E-state index in [0.29, 0.717) is 26.2 Å². The zero-order chi connectivity index (χ0) is 21.8. The third-order valence-corrected chi connectivity index (χ3v) is 5.73. The van der Waals surface area contributed by atoms with Gasteiger partial charge in [-0.2, -0.15) is 0 Å². The molecule has 1 aromatic heterocycles. The van der Waals surface area contributed by atoms with Gasteiger partial charge in [0.05, 0.1) is 5.69 Å². The first-order chi connectivity index (χ1) is 15.0. The first-order valence-electron chi connectivity index (χ1n) is 10.6. The Morgan fingerprint density at radius 3 is 1.90 bits per heavy atom. The molecular formula is C21H25F3N6O. The Labute approximate surface area is 178 Å². The van der Waals surface area contributed by atoms with E-state index < -0.39 is 23.5 Å². The van der Waals surface area contributed by atoms with E-state index in [1.165, 1.54) is 30.6 Å². The maximum absolute atomic E-state index is 13.8. The summed E-state index contributed by atoms with van der Waals surface area (Å²) >= 11 is 0. The van der Waals surface area contributed by atoms with Crippen molar-refractivity contribution in [2.45, 2.75) is 25.7 Å². The molecular weight excluding hydrogens is 409 g/mol. The van der Waals surface area contributed by atoms with Crippen LogP contribution in [-0.4, -0.2) is 60.4 Å². The van der Waals surface area contributed by atoms with Gasteiger partial charge in [-0.25, -0.2) is 18.0 Å². The average molecular weight is 434 g/mol. The Balaban J connectivity index is 1.32. The second-order valence-corrected chi connectivity index (χ2v) is 7.78. The van der Waals surface area contributed by atoms with Crippen LogP contribution in [-0.2, 0) is 0 Å². The molecule has 0 unspecified atom stereocenters. The van der Waals surface area contributed by atoms with Gasteiger partial charge in [0, 0.05) is 39.3 Å². The molecule has 166 valence electrons. The van der Waals surface area contributed by atoms with Crippen molar-refractivity contribution in [3.05, 3.63) is 41.7 Å². The monoisotopic (exact) mass is 434 g/mol. The molecule has 0 saturated carbocycles. The Hall–Kier alpha value is -3.04. The molecule has 2 aliphatic rings. The van der Waals surface area contributed by atoms with Crippen LogP contribution in [0.5, 0.6) is 0 Å². The van der Waals surface area contributed by atoms with Crippen molar-refractivity contribution in [2.24, 2.45) is 0 Å². The quantitative estimate of drug-likeness (QED) is 0.748. The van der Waals surface area contributed by atoms with Crippen molar-refractivity contribution in [1.82, 2.24) is 15.1 Å². The number of hydrogen-bond donors (Lipinski definition) is 1. The van der Waals surface area contributed by atoms with Crippen LogP contribution in [0.2, 0.25) is 0 Å². The Morgan fingerprint density at radius 2 is 1.32 bits per heavy atom. The van der Waals surface area contributed by atoms with Gasteiger partial charge in [0.2, 0.25) is 0 Å².